The maximum absolute atomic E-state index is 13.2. The summed E-state index contributed by atoms with van der Waals surface area (Å²) in [5.74, 6) is -0.289. The van der Waals surface area contributed by atoms with E-state index in [0.717, 1.165) is 36.8 Å². The minimum atomic E-state index is -3.32. The molecule has 1 N–H and O–H groups in total. The van der Waals surface area contributed by atoms with E-state index in [2.05, 4.69) is 5.32 Å². The second-order valence-electron chi connectivity index (χ2n) is 7.88. The number of hydrogen-bond donors (Lipinski definition) is 1. The SMILES string of the molecule is CCCS(=O)(=O)N1CCCc2cc(NC(=O)C3(c4ccc(F)cc4)CC3)ccc21. The smallest absolute Gasteiger partial charge is 0.235 e. The van der Waals surface area contributed by atoms with E-state index in [9.17, 15) is 17.6 Å². The van der Waals surface area contributed by atoms with Gasteiger partial charge in [0.1, 0.15) is 5.82 Å². The van der Waals surface area contributed by atoms with Gasteiger partial charge in [-0.15, -0.1) is 0 Å². The lowest BCUT2D eigenvalue weighted by atomic mass is 9.94. The van der Waals surface area contributed by atoms with Crippen molar-refractivity contribution in [3.8, 4) is 0 Å². The molecule has 2 aromatic carbocycles. The molecule has 2 aliphatic rings. The van der Waals surface area contributed by atoms with Crippen LogP contribution < -0.4 is 9.62 Å². The molecule has 0 saturated heterocycles. The topological polar surface area (TPSA) is 66.5 Å². The maximum atomic E-state index is 13.2. The first-order valence-electron chi connectivity index (χ1n) is 10.1. The third kappa shape index (κ3) is 3.75. The Bertz CT molecular complexity index is 1030. The summed E-state index contributed by atoms with van der Waals surface area (Å²) in [6.07, 6.45) is 3.58. The van der Waals surface area contributed by atoms with Gasteiger partial charge in [-0.25, -0.2) is 12.8 Å². The van der Waals surface area contributed by atoms with Crippen LogP contribution in [0.25, 0.3) is 0 Å². The largest absolute Gasteiger partial charge is 0.325 e. The molecule has 1 aliphatic heterocycles. The van der Waals surface area contributed by atoms with Crippen molar-refractivity contribution in [3.63, 3.8) is 0 Å². The number of fused-ring (bicyclic) bond motifs is 1. The van der Waals surface area contributed by atoms with E-state index in [-0.39, 0.29) is 17.5 Å². The number of benzene rings is 2. The van der Waals surface area contributed by atoms with Gasteiger partial charge in [0.2, 0.25) is 15.9 Å². The highest BCUT2D eigenvalue weighted by atomic mass is 32.2. The normalized spacial score (nSPS) is 17.5. The predicted octanol–water partition coefficient (Wildman–Crippen LogP) is 3.99. The molecule has 29 heavy (non-hydrogen) atoms. The van der Waals surface area contributed by atoms with E-state index in [0.29, 0.717) is 24.3 Å². The van der Waals surface area contributed by atoms with Gasteiger partial charge in [0, 0.05) is 12.2 Å². The molecule has 0 radical (unpaired) electrons. The van der Waals surface area contributed by atoms with E-state index >= 15 is 0 Å². The third-order valence-electron chi connectivity index (χ3n) is 5.79. The lowest BCUT2D eigenvalue weighted by molar-refractivity contribution is -0.118. The Morgan fingerprint density at radius 2 is 1.90 bits per heavy atom. The van der Waals surface area contributed by atoms with Crippen LogP contribution in [0.3, 0.4) is 0 Å². The minimum Gasteiger partial charge on any atom is -0.325 e. The number of carbonyl (C=O) groups excluding carboxylic acids is 1. The number of anilines is 2. The Labute approximate surface area is 171 Å². The third-order valence-corrected chi connectivity index (χ3v) is 7.77. The fraction of sp³-hybridized carbons (Fsp3) is 0.409. The van der Waals surface area contributed by atoms with Gasteiger partial charge < -0.3 is 5.32 Å². The van der Waals surface area contributed by atoms with Gasteiger partial charge in [-0.2, -0.15) is 0 Å². The molecule has 1 heterocycles. The zero-order valence-electron chi connectivity index (χ0n) is 16.4. The Kier molecular flexibility index (Phi) is 5.11. The highest BCUT2D eigenvalue weighted by Gasteiger charge is 2.51. The second-order valence-corrected chi connectivity index (χ2v) is 9.89. The first-order valence-corrected chi connectivity index (χ1v) is 11.7. The fourth-order valence-corrected chi connectivity index (χ4v) is 5.71. The Hall–Kier alpha value is -2.41. The summed E-state index contributed by atoms with van der Waals surface area (Å²) in [6.45, 7) is 2.35. The second kappa shape index (κ2) is 7.44. The number of amides is 1. The molecule has 1 aliphatic carbocycles. The summed E-state index contributed by atoms with van der Waals surface area (Å²) in [7, 11) is -3.32. The number of sulfonamides is 1. The minimum absolute atomic E-state index is 0.102. The summed E-state index contributed by atoms with van der Waals surface area (Å²) in [5, 5.41) is 2.99. The first kappa shape index (κ1) is 19.9. The molecule has 0 aromatic heterocycles. The summed E-state index contributed by atoms with van der Waals surface area (Å²) in [5.41, 5.74) is 2.53. The van der Waals surface area contributed by atoms with Crippen LogP contribution in [0.15, 0.2) is 42.5 Å². The zero-order valence-corrected chi connectivity index (χ0v) is 17.3. The molecular weight excluding hydrogens is 391 g/mol. The van der Waals surface area contributed by atoms with Crippen molar-refractivity contribution in [1.82, 2.24) is 0 Å². The van der Waals surface area contributed by atoms with Gasteiger partial charge in [0.25, 0.3) is 0 Å². The van der Waals surface area contributed by atoms with Crippen molar-refractivity contribution in [2.24, 2.45) is 0 Å². The van der Waals surface area contributed by atoms with Gasteiger partial charge in [0.15, 0.2) is 0 Å². The van der Waals surface area contributed by atoms with E-state index in [1.165, 1.54) is 16.4 Å². The molecule has 7 heteroatoms. The van der Waals surface area contributed by atoms with Gasteiger partial charge in [-0.3, -0.25) is 9.10 Å². The average Bonchev–Trinajstić information content (AvgIpc) is 3.50. The number of rotatable bonds is 6. The zero-order chi connectivity index (χ0) is 20.6. The number of aryl methyl sites for hydroxylation is 1. The van der Waals surface area contributed by atoms with Crippen LogP contribution in [-0.4, -0.2) is 26.6 Å². The average molecular weight is 417 g/mol. The number of nitrogens with zero attached hydrogens (tertiary/aromatic N) is 1. The lowest BCUT2D eigenvalue weighted by Crippen LogP contribution is -2.37. The summed E-state index contributed by atoms with van der Waals surface area (Å²) < 4.78 is 39.8. The summed E-state index contributed by atoms with van der Waals surface area (Å²) in [4.78, 5) is 12.9. The molecule has 0 bridgehead atoms. The van der Waals surface area contributed by atoms with Crippen molar-refractivity contribution in [3.05, 3.63) is 59.4 Å². The Balaban J connectivity index is 1.55. The van der Waals surface area contributed by atoms with Crippen molar-refractivity contribution < 1.29 is 17.6 Å². The van der Waals surface area contributed by atoms with Crippen molar-refractivity contribution in [1.29, 1.82) is 0 Å². The molecule has 0 unspecified atom stereocenters. The summed E-state index contributed by atoms with van der Waals surface area (Å²) >= 11 is 0. The Morgan fingerprint density at radius 3 is 2.55 bits per heavy atom. The van der Waals surface area contributed by atoms with Gasteiger partial charge in [-0.1, -0.05) is 19.1 Å². The molecule has 5 nitrogen and oxygen atoms in total. The molecule has 0 atom stereocenters. The fourth-order valence-electron chi connectivity index (χ4n) is 4.09. The van der Waals surface area contributed by atoms with Gasteiger partial charge in [-0.05, 0) is 73.6 Å². The molecular formula is C22H25FN2O3S. The predicted molar refractivity (Wildman–Crippen MR) is 112 cm³/mol. The molecule has 1 saturated carbocycles. The van der Waals surface area contributed by atoms with Crippen LogP contribution in [0.5, 0.6) is 0 Å². The van der Waals surface area contributed by atoms with Crippen LogP contribution in [-0.2, 0) is 26.7 Å². The standard InChI is InChI=1S/C22H25FN2O3S/c1-2-14-29(27,28)25-13-3-4-16-15-19(9-10-20(16)25)24-21(26)22(11-12-22)17-5-7-18(23)8-6-17/h5-10,15H,2-4,11-14H2,1H3,(H,24,26). The van der Waals surface area contributed by atoms with Crippen LogP contribution in [0, 0.1) is 5.82 Å². The van der Waals surface area contributed by atoms with Crippen molar-refractivity contribution in [2.45, 2.75) is 44.4 Å². The van der Waals surface area contributed by atoms with Crippen LogP contribution >= 0.6 is 0 Å². The van der Waals surface area contributed by atoms with Crippen LogP contribution in [0.1, 0.15) is 43.7 Å². The van der Waals surface area contributed by atoms with E-state index in [4.69, 9.17) is 0 Å². The molecule has 154 valence electrons. The van der Waals surface area contributed by atoms with Crippen molar-refractivity contribution in [2.75, 3.05) is 21.9 Å². The maximum Gasteiger partial charge on any atom is 0.235 e. The quantitative estimate of drug-likeness (QED) is 0.774. The number of halogens is 1. The molecule has 2 aromatic rings. The highest BCUT2D eigenvalue weighted by Crippen LogP contribution is 2.49. The Morgan fingerprint density at radius 1 is 1.17 bits per heavy atom. The van der Waals surface area contributed by atoms with Crippen LogP contribution in [0.4, 0.5) is 15.8 Å². The van der Waals surface area contributed by atoms with E-state index in [1.807, 2.05) is 13.0 Å². The number of carbonyl (C=O) groups is 1. The van der Waals surface area contributed by atoms with E-state index < -0.39 is 15.4 Å². The molecule has 0 spiro atoms. The van der Waals surface area contributed by atoms with Crippen molar-refractivity contribution >= 4 is 27.3 Å². The molecule has 1 fully saturated rings. The summed E-state index contributed by atoms with van der Waals surface area (Å²) in [6, 6.07) is 11.5. The first-order chi connectivity index (χ1) is 13.9. The lowest BCUT2D eigenvalue weighted by Gasteiger charge is -2.31. The monoisotopic (exact) mass is 416 g/mol. The molecule has 4 rings (SSSR count). The van der Waals surface area contributed by atoms with Gasteiger partial charge in [0.05, 0.1) is 16.9 Å². The van der Waals surface area contributed by atoms with Crippen LogP contribution in [0.2, 0.25) is 0 Å². The number of hydrogen-bond acceptors (Lipinski definition) is 3. The molecule has 1 amide bonds. The number of nitrogens with one attached hydrogen (secondary N) is 1. The highest BCUT2D eigenvalue weighted by molar-refractivity contribution is 7.92. The van der Waals surface area contributed by atoms with Gasteiger partial charge >= 0.3 is 0 Å². The van der Waals surface area contributed by atoms with E-state index in [1.54, 1.807) is 24.3 Å².